The van der Waals surface area contributed by atoms with Gasteiger partial charge >= 0.3 is 0 Å². The summed E-state index contributed by atoms with van der Waals surface area (Å²) in [6, 6.07) is 12.4. The Morgan fingerprint density at radius 1 is 1.22 bits per heavy atom. The van der Waals surface area contributed by atoms with E-state index in [2.05, 4.69) is 34.1 Å². The number of likely N-dealkylation sites (N-methyl/N-ethyl adjacent to an activating group) is 1. The molecule has 0 spiro atoms. The van der Waals surface area contributed by atoms with Crippen molar-refractivity contribution in [3.63, 3.8) is 0 Å². The first-order valence-corrected chi connectivity index (χ1v) is 8.20. The number of amides is 1. The molecule has 0 aliphatic carbocycles. The molecule has 4 heteroatoms. The van der Waals surface area contributed by atoms with Gasteiger partial charge in [0, 0.05) is 38.2 Å². The van der Waals surface area contributed by atoms with E-state index in [9.17, 15) is 4.79 Å². The van der Waals surface area contributed by atoms with Crippen molar-refractivity contribution in [1.82, 2.24) is 9.88 Å². The van der Waals surface area contributed by atoms with Crippen LogP contribution in [0.15, 0.2) is 48.8 Å². The molecule has 23 heavy (non-hydrogen) atoms. The number of rotatable bonds is 5. The van der Waals surface area contributed by atoms with Crippen LogP contribution in [0, 0.1) is 0 Å². The number of carbonyl (C=O) groups is 1. The Labute approximate surface area is 137 Å². The van der Waals surface area contributed by atoms with Crippen LogP contribution in [0.3, 0.4) is 0 Å². The molecule has 3 rings (SSSR count). The summed E-state index contributed by atoms with van der Waals surface area (Å²) in [5.74, 6) is 0.177. The van der Waals surface area contributed by atoms with Gasteiger partial charge in [-0.05, 0) is 48.6 Å². The lowest BCUT2D eigenvalue weighted by Gasteiger charge is -2.32. The second kappa shape index (κ2) is 7.27. The number of carbonyl (C=O) groups excluding carboxylic acids is 1. The van der Waals surface area contributed by atoms with Gasteiger partial charge in [-0.25, -0.2) is 0 Å². The lowest BCUT2D eigenvalue weighted by molar-refractivity contribution is -0.128. The van der Waals surface area contributed by atoms with Gasteiger partial charge in [-0.3, -0.25) is 9.78 Å². The van der Waals surface area contributed by atoms with Gasteiger partial charge in [0.15, 0.2) is 0 Å². The van der Waals surface area contributed by atoms with Crippen LogP contribution in [0.4, 0.5) is 5.69 Å². The number of hydrogen-bond donors (Lipinski definition) is 0. The van der Waals surface area contributed by atoms with E-state index in [4.69, 9.17) is 0 Å². The number of fused-ring (bicyclic) bond motifs is 1. The van der Waals surface area contributed by atoms with E-state index in [0.29, 0.717) is 6.54 Å². The molecule has 1 aliphatic rings. The SMILES string of the molecule is CN(CCc1ccncc1)C(=O)CN1CCCc2ccccc21. The van der Waals surface area contributed by atoms with E-state index in [1.54, 1.807) is 12.4 Å². The summed E-state index contributed by atoms with van der Waals surface area (Å²) in [5, 5.41) is 0. The van der Waals surface area contributed by atoms with Crippen LogP contribution < -0.4 is 4.90 Å². The average molecular weight is 309 g/mol. The number of aryl methyl sites for hydroxylation is 1. The molecule has 2 heterocycles. The zero-order valence-electron chi connectivity index (χ0n) is 13.6. The van der Waals surface area contributed by atoms with Crippen molar-refractivity contribution < 1.29 is 4.79 Å². The lowest BCUT2D eigenvalue weighted by Crippen LogP contribution is -2.41. The van der Waals surface area contributed by atoms with Crippen LogP contribution in [0.1, 0.15) is 17.5 Å². The summed E-state index contributed by atoms with van der Waals surface area (Å²) in [5.41, 5.74) is 3.78. The quantitative estimate of drug-likeness (QED) is 0.851. The molecule has 0 saturated carbocycles. The highest BCUT2D eigenvalue weighted by Gasteiger charge is 2.20. The highest BCUT2D eigenvalue weighted by molar-refractivity contribution is 5.81. The Kier molecular flexibility index (Phi) is 4.91. The highest BCUT2D eigenvalue weighted by atomic mass is 16.2. The first-order valence-electron chi connectivity index (χ1n) is 8.20. The van der Waals surface area contributed by atoms with Crippen LogP contribution in [-0.4, -0.2) is 42.5 Å². The molecule has 1 aromatic heterocycles. The Balaban J connectivity index is 1.57. The zero-order valence-corrected chi connectivity index (χ0v) is 13.6. The Morgan fingerprint density at radius 2 is 2.00 bits per heavy atom. The summed E-state index contributed by atoms with van der Waals surface area (Å²) in [6.45, 7) is 2.16. The number of anilines is 1. The molecule has 2 aromatic rings. The molecular formula is C19H23N3O. The Hall–Kier alpha value is -2.36. The van der Waals surface area contributed by atoms with Gasteiger partial charge in [0.2, 0.25) is 5.91 Å². The molecule has 120 valence electrons. The second-order valence-electron chi connectivity index (χ2n) is 6.07. The predicted molar refractivity (Wildman–Crippen MR) is 92.6 cm³/mol. The second-order valence-corrected chi connectivity index (χ2v) is 6.07. The minimum Gasteiger partial charge on any atom is -0.362 e. The van der Waals surface area contributed by atoms with Crippen molar-refractivity contribution in [2.45, 2.75) is 19.3 Å². The molecule has 0 atom stereocenters. The third-order valence-electron chi connectivity index (χ3n) is 4.44. The maximum atomic E-state index is 12.5. The molecule has 4 nitrogen and oxygen atoms in total. The minimum atomic E-state index is 0.177. The van der Waals surface area contributed by atoms with Crippen molar-refractivity contribution in [2.24, 2.45) is 0 Å². The van der Waals surface area contributed by atoms with Crippen molar-refractivity contribution >= 4 is 11.6 Å². The lowest BCUT2D eigenvalue weighted by atomic mass is 10.0. The summed E-state index contributed by atoms with van der Waals surface area (Å²) < 4.78 is 0. The summed E-state index contributed by atoms with van der Waals surface area (Å²) in [6.07, 6.45) is 6.68. The number of benzene rings is 1. The number of hydrogen-bond acceptors (Lipinski definition) is 3. The Bertz CT molecular complexity index is 657. The van der Waals surface area contributed by atoms with Crippen LogP contribution in [0.25, 0.3) is 0 Å². The first-order chi connectivity index (χ1) is 11.2. The summed E-state index contributed by atoms with van der Waals surface area (Å²) in [7, 11) is 1.89. The average Bonchev–Trinajstić information content (AvgIpc) is 2.61. The van der Waals surface area contributed by atoms with Gasteiger partial charge in [-0.1, -0.05) is 18.2 Å². The largest absolute Gasteiger partial charge is 0.362 e. The predicted octanol–water partition coefficient (Wildman–Crippen LogP) is 2.54. The molecule has 0 radical (unpaired) electrons. The minimum absolute atomic E-state index is 0.177. The fraction of sp³-hybridized carbons (Fsp3) is 0.368. The molecule has 0 N–H and O–H groups in total. The highest BCUT2D eigenvalue weighted by Crippen LogP contribution is 2.26. The fourth-order valence-electron chi connectivity index (χ4n) is 3.03. The number of para-hydroxylation sites is 1. The monoisotopic (exact) mass is 309 g/mol. The molecule has 0 bridgehead atoms. The molecule has 1 aliphatic heterocycles. The summed E-state index contributed by atoms with van der Waals surface area (Å²) >= 11 is 0. The maximum absolute atomic E-state index is 12.5. The van der Waals surface area contributed by atoms with E-state index in [0.717, 1.165) is 32.4 Å². The van der Waals surface area contributed by atoms with E-state index in [-0.39, 0.29) is 5.91 Å². The van der Waals surface area contributed by atoms with Crippen molar-refractivity contribution in [3.8, 4) is 0 Å². The third-order valence-corrected chi connectivity index (χ3v) is 4.44. The fourth-order valence-corrected chi connectivity index (χ4v) is 3.03. The van der Waals surface area contributed by atoms with Crippen LogP contribution >= 0.6 is 0 Å². The third kappa shape index (κ3) is 3.89. The summed E-state index contributed by atoms with van der Waals surface area (Å²) in [4.78, 5) is 20.6. The molecule has 0 fully saturated rings. The molecular weight excluding hydrogens is 286 g/mol. The number of nitrogens with zero attached hydrogens (tertiary/aromatic N) is 3. The van der Waals surface area contributed by atoms with Gasteiger partial charge in [0.05, 0.1) is 6.54 Å². The van der Waals surface area contributed by atoms with Gasteiger partial charge in [-0.2, -0.15) is 0 Å². The van der Waals surface area contributed by atoms with Crippen LogP contribution in [-0.2, 0) is 17.6 Å². The van der Waals surface area contributed by atoms with E-state index >= 15 is 0 Å². The standard InChI is InChI=1S/C19H23N3O/c1-21(14-10-16-8-11-20-12-9-16)19(23)15-22-13-4-6-17-5-2-3-7-18(17)22/h2-3,5,7-9,11-12H,4,6,10,13-15H2,1H3. The van der Waals surface area contributed by atoms with E-state index in [1.807, 2.05) is 24.1 Å². The zero-order chi connectivity index (χ0) is 16.1. The number of pyridine rings is 1. The van der Waals surface area contributed by atoms with Crippen LogP contribution in [0.2, 0.25) is 0 Å². The van der Waals surface area contributed by atoms with Crippen molar-refractivity contribution in [3.05, 3.63) is 59.9 Å². The van der Waals surface area contributed by atoms with E-state index in [1.165, 1.54) is 16.8 Å². The Morgan fingerprint density at radius 3 is 2.83 bits per heavy atom. The molecule has 1 aromatic carbocycles. The first kappa shape index (κ1) is 15.5. The molecule has 0 unspecified atom stereocenters. The van der Waals surface area contributed by atoms with Gasteiger partial charge in [0.25, 0.3) is 0 Å². The molecule has 0 saturated heterocycles. The van der Waals surface area contributed by atoms with E-state index < -0.39 is 0 Å². The van der Waals surface area contributed by atoms with Gasteiger partial charge < -0.3 is 9.80 Å². The molecule has 1 amide bonds. The van der Waals surface area contributed by atoms with Crippen molar-refractivity contribution in [2.75, 3.05) is 31.6 Å². The van der Waals surface area contributed by atoms with Crippen LogP contribution in [0.5, 0.6) is 0 Å². The maximum Gasteiger partial charge on any atom is 0.241 e. The smallest absolute Gasteiger partial charge is 0.241 e. The number of aromatic nitrogens is 1. The normalized spacial score (nSPS) is 13.5. The topological polar surface area (TPSA) is 36.4 Å². The van der Waals surface area contributed by atoms with Gasteiger partial charge in [-0.15, -0.1) is 0 Å². The van der Waals surface area contributed by atoms with Crippen molar-refractivity contribution in [1.29, 1.82) is 0 Å². The van der Waals surface area contributed by atoms with Gasteiger partial charge in [0.1, 0.15) is 0 Å².